The third kappa shape index (κ3) is 7.22. The van der Waals surface area contributed by atoms with E-state index in [2.05, 4.69) is 9.72 Å². The molecule has 1 aliphatic heterocycles. The van der Waals surface area contributed by atoms with Gasteiger partial charge in [-0.05, 0) is 62.2 Å². The maximum atomic E-state index is 13.5. The van der Waals surface area contributed by atoms with Gasteiger partial charge in [0, 0.05) is 43.8 Å². The summed E-state index contributed by atoms with van der Waals surface area (Å²) in [5.74, 6) is -1.31. The number of alkyl halides is 3. The largest absolute Gasteiger partial charge is 0.573 e. The summed E-state index contributed by atoms with van der Waals surface area (Å²) in [5.41, 5.74) is 2.70. The number of hydrogen-bond donors (Lipinski definition) is 0. The van der Waals surface area contributed by atoms with Crippen molar-refractivity contribution < 1.29 is 35.9 Å². The zero-order chi connectivity index (χ0) is 30.7. The number of rotatable bonds is 10. The fourth-order valence-electron chi connectivity index (χ4n) is 4.58. The van der Waals surface area contributed by atoms with Gasteiger partial charge in [-0.15, -0.1) is 24.5 Å². The zero-order valence-corrected chi connectivity index (χ0v) is 25.4. The number of benzene rings is 2. The average Bonchev–Trinajstić information content (AvgIpc) is 3.42. The minimum Gasteiger partial charge on any atom is -0.461 e. The van der Waals surface area contributed by atoms with Crippen LogP contribution in [0.2, 0.25) is 0 Å². The van der Waals surface area contributed by atoms with Gasteiger partial charge >= 0.3 is 12.3 Å². The molecule has 1 fully saturated rings. The van der Waals surface area contributed by atoms with Gasteiger partial charge in [0.1, 0.15) is 10.6 Å². The van der Waals surface area contributed by atoms with Gasteiger partial charge in [0.15, 0.2) is 10.8 Å². The number of halogens is 3. The van der Waals surface area contributed by atoms with Crippen LogP contribution in [0.25, 0.3) is 11.1 Å². The normalized spacial score (nSPS) is 15.0. The van der Waals surface area contributed by atoms with Crippen molar-refractivity contribution in [1.82, 2.24) is 14.2 Å². The predicted octanol–water partition coefficient (Wildman–Crippen LogP) is 5.68. The number of piperazine rings is 1. The lowest BCUT2D eigenvalue weighted by atomic mass is 10.0. The molecule has 14 heteroatoms. The minimum absolute atomic E-state index is 0.162. The van der Waals surface area contributed by atoms with Crippen LogP contribution in [0.4, 0.5) is 24.0 Å². The van der Waals surface area contributed by atoms with Crippen LogP contribution in [-0.2, 0) is 14.8 Å². The first-order chi connectivity index (χ1) is 19.8. The molecular weight excluding hydrogens is 593 g/mol. The molecule has 0 saturated carbocycles. The van der Waals surface area contributed by atoms with E-state index in [0.717, 1.165) is 23.7 Å². The lowest BCUT2D eigenvalue weighted by molar-refractivity contribution is -0.275. The molecule has 4 rings (SSSR count). The zero-order valence-electron chi connectivity index (χ0n) is 23.8. The highest BCUT2D eigenvalue weighted by Crippen LogP contribution is 2.38. The molecule has 1 saturated heterocycles. The van der Waals surface area contributed by atoms with Gasteiger partial charge < -0.3 is 19.3 Å². The van der Waals surface area contributed by atoms with E-state index in [1.54, 1.807) is 24.4 Å². The van der Waals surface area contributed by atoms with Crippen LogP contribution in [0.15, 0.2) is 46.7 Å². The van der Waals surface area contributed by atoms with Crippen molar-refractivity contribution in [3.63, 3.8) is 0 Å². The molecule has 9 nitrogen and oxygen atoms in total. The summed E-state index contributed by atoms with van der Waals surface area (Å²) in [4.78, 5) is 20.0. The Labute approximate surface area is 247 Å². The molecule has 0 N–H and O–H groups in total. The van der Waals surface area contributed by atoms with Crippen LogP contribution < -0.4 is 9.64 Å². The summed E-state index contributed by atoms with van der Waals surface area (Å²) >= 11 is 1.28. The maximum absolute atomic E-state index is 13.5. The van der Waals surface area contributed by atoms with Crippen LogP contribution in [0, 0.1) is 6.92 Å². The number of aryl methyl sites for hydroxylation is 1. The molecule has 0 atom stereocenters. The molecule has 228 valence electrons. The van der Waals surface area contributed by atoms with E-state index in [1.807, 2.05) is 36.8 Å². The number of aromatic nitrogens is 1. The molecule has 0 spiro atoms. The number of ether oxygens (including phenoxy) is 2. The third-order valence-corrected chi connectivity index (χ3v) is 9.54. The summed E-state index contributed by atoms with van der Waals surface area (Å²) in [6.07, 6.45) is -4.34. The smallest absolute Gasteiger partial charge is 0.461 e. The summed E-state index contributed by atoms with van der Waals surface area (Å²) in [5, 5.41) is 2.19. The topological polar surface area (TPSA) is 92.3 Å². The van der Waals surface area contributed by atoms with Crippen LogP contribution >= 0.6 is 11.3 Å². The number of nitrogens with zero attached hydrogens (tertiary/aromatic N) is 4. The SMILES string of the molecule is CCCN(c1nc(C(=O)OCC)cs1)c1cc(-c2ccc(S(=O)(=O)N3CCN(C)CC3)c(OC(F)(F)F)c2)ccc1C. The molecule has 1 aromatic heterocycles. The van der Waals surface area contributed by atoms with Crippen molar-refractivity contribution in [2.45, 2.75) is 38.4 Å². The number of esters is 1. The highest BCUT2D eigenvalue weighted by molar-refractivity contribution is 7.89. The highest BCUT2D eigenvalue weighted by atomic mass is 32.2. The van der Waals surface area contributed by atoms with Gasteiger partial charge in [0.2, 0.25) is 10.0 Å². The first kappa shape index (κ1) is 31.7. The second kappa shape index (κ2) is 13.0. The first-order valence-electron chi connectivity index (χ1n) is 13.4. The van der Waals surface area contributed by atoms with Crippen LogP contribution in [0.3, 0.4) is 0 Å². The van der Waals surface area contributed by atoms with Gasteiger partial charge in [0.25, 0.3) is 0 Å². The summed E-state index contributed by atoms with van der Waals surface area (Å²) in [6, 6.07) is 9.13. The standard InChI is InChI=1S/C28H33F3N4O5S2/c1-5-11-35(27-32-22(18-41-27)26(36)39-6-2)23-16-20(8-7-19(23)3)21-9-10-25(24(17-21)40-28(29,30)31)42(37,38)34-14-12-33(4)13-15-34/h7-10,16-18H,5-6,11-15H2,1-4H3. The lowest BCUT2D eigenvalue weighted by Crippen LogP contribution is -2.47. The van der Waals surface area contributed by atoms with E-state index >= 15 is 0 Å². The second-order valence-electron chi connectivity index (χ2n) is 9.81. The van der Waals surface area contributed by atoms with Gasteiger partial charge in [-0.1, -0.05) is 25.1 Å². The Hall–Kier alpha value is -3.20. The first-order valence-corrected chi connectivity index (χ1v) is 15.8. The van der Waals surface area contributed by atoms with E-state index in [4.69, 9.17) is 4.74 Å². The lowest BCUT2D eigenvalue weighted by Gasteiger charge is -2.32. The van der Waals surface area contributed by atoms with Gasteiger partial charge in [0.05, 0.1) is 6.61 Å². The number of thiazole rings is 1. The van der Waals surface area contributed by atoms with E-state index in [-0.39, 0.29) is 25.4 Å². The minimum atomic E-state index is -5.09. The van der Waals surface area contributed by atoms with Crippen LogP contribution in [0.1, 0.15) is 36.3 Å². The van der Waals surface area contributed by atoms with Crippen molar-refractivity contribution in [3.8, 4) is 16.9 Å². The average molecular weight is 627 g/mol. The van der Waals surface area contributed by atoms with Crippen molar-refractivity contribution in [2.75, 3.05) is 51.3 Å². The number of anilines is 2. The number of likely N-dealkylation sites (N-methyl/N-ethyl adjacent to an activating group) is 1. The highest BCUT2D eigenvalue weighted by Gasteiger charge is 2.36. The molecular formula is C28H33F3N4O5S2. The van der Waals surface area contributed by atoms with E-state index < -0.39 is 33.0 Å². The van der Waals surface area contributed by atoms with Gasteiger partial charge in [-0.25, -0.2) is 18.2 Å². The molecule has 0 aliphatic carbocycles. The second-order valence-corrected chi connectivity index (χ2v) is 12.5. The number of sulfonamides is 1. The molecule has 0 radical (unpaired) electrons. The van der Waals surface area contributed by atoms with Gasteiger partial charge in [-0.2, -0.15) is 4.31 Å². The molecule has 3 aromatic rings. The van der Waals surface area contributed by atoms with Crippen molar-refractivity contribution in [2.24, 2.45) is 0 Å². The summed E-state index contributed by atoms with van der Waals surface area (Å²) in [7, 11) is -2.39. The Morgan fingerprint density at radius 2 is 1.74 bits per heavy atom. The number of hydrogen-bond acceptors (Lipinski definition) is 9. The molecule has 1 aliphatic rings. The van der Waals surface area contributed by atoms with Crippen molar-refractivity contribution in [1.29, 1.82) is 0 Å². The molecule has 0 amide bonds. The Bertz CT molecular complexity index is 1520. The molecule has 2 heterocycles. The maximum Gasteiger partial charge on any atom is 0.573 e. The summed E-state index contributed by atoms with van der Waals surface area (Å²) in [6.45, 7) is 7.64. The van der Waals surface area contributed by atoms with Gasteiger partial charge in [-0.3, -0.25) is 0 Å². The Morgan fingerprint density at radius 1 is 1.07 bits per heavy atom. The van der Waals surface area contributed by atoms with E-state index in [9.17, 15) is 26.4 Å². The fraction of sp³-hybridized carbons (Fsp3) is 0.429. The molecule has 0 bridgehead atoms. The molecule has 2 aromatic carbocycles. The number of carbonyl (C=O) groups excluding carboxylic acids is 1. The third-order valence-electron chi connectivity index (χ3n) is 6.74. The van der Waals surface area contributed by atoms with Crippen molar-refractivity contribution in [3.05, 3.63) is 53.0 Å². The monoisotopic (exact) mass is 626 g/mol. The molecule has 0 unspecified atom stereocenters. The van der Waals surface area contributed by atoms with Crippen LogP contribution in [-0.4, -0.2) is 81.3 Å². The quantitative estimate of drug-likeness (QED) is 0.266. The molecule has 42 heavy (non-hydrogen) atoms. The Kier molecular flexibility index (Phi) is 9.81. The fourth-order valence-corrected chi connectivity index (χ4v) is 6.93. The van der Waals surface area contributed by atoms with E-state index in [0.29, 0.717) is 35.9 Å². The van der Waals surface area contributed by atoms with Crippen molar-refractivity contribution >= 4 is 38.1 Å². The Balaban J connectivity index is 1.74. The van der Waals surface area contributed by atoms with E-state index in [1.165, 1.54) is 27.8 Å². The Morgan fingerprint density at radius 3 is 2.38 bits per heavy atom. The van der Waals surface area contributed by atoms with Crippen LogP contribution in [0.5, 0.6) is 5.75 Å². The summed E-state index contributed by atoms with van der Waals surface area (Å²) < 4.78 is 77.6. The number of carbonyl (C=O) groups is 1. The predicted molar refractivity (Wildman–Crippen MR) is 155 cm³/mol.